The molecule has 0 radical (unpaired) electrons. The van der Waals surface area contributed by atoms with E-state index in [0.717, 1.165) is 11.1 Å². The number of carbonyl (C=O) groups is 3. The second-order valence-electron chi connectivity index (χ2n) is 9.92. The van der Waals surface area contributed by atoms with Gasteiger partial charge in [0.05, 0.1) is 6.04 Å². The molecule has 3 N–H and O–H groups in total. The molecular weight excluding hydrogens is 454 g/mol. The molecular formula is C28H39N5O3. The molecule has 0 spiro atoms. The highest BCUT2D eigenvalue weighted by Gasteiger charge is 2.37. The fourth-order valence-corrected chi connectivity index (χ4v) is 4.60. The van der Waals surface area contributed by atoms with E-state index in [-0.39, 0.29) is 29.8 Å². The lowest BCUT2D eigenvalue weighted by Crippen LogP contribution is -2.50. The zero-order valence-corrected chi connectivity index (χ0v) is 21.5. The average molecular weight is 494 g/mol. The van der Waals surface area contributed by atoms with Crippen molar-refractivity contribution in [3.8, 4) is 0 Å². The second-order valence-corrected chi connectivity index (χ2v) is 9.92. The molecule has 8 nitrogen and oxygen atoms in total. The minimum absolute atomic E-state index is 0.0574. The fourth-order valence-electron chi connectivity index (χ4n) is 4.60. The molecule has 36 heavy (non-hydrogen) atoms. The molecule has 2 unspecified atom stereocenters. The number of carbonyl (C=O) groups excluding carboxylic acids is 3. The van der Waals surface area contributed by atoms with E-state index >= 15 is 0 Å². The molecule has 8 heteroatoms. The van der Waals surface area contributed by atoms with Crippen LogP contribution in [0.2, 0.25) is 0 Å². The minimum Gasteiger partial charge on any atom is -0.343 e. The summed E-state index contributed by atoms with van der Waals surface area (Å²) in [6.07, 6.45) is 1.69. The van der Waals surface area contributed by atoms with Gasteiger partial charge in [-0.25, -0.2) is 5.01 Å². The van der Waals surface area contributed by atoms with Crippen molar-refractivity contribution in [1.82, 2.24) is 20.2 Å². The Morgan fingerprint density at radius 2 is 1.64 bits per heavy atom. The van der Waals surface area contributed by atoms with Crippen LogP contribution in [0.15, 0.2) is 60.7 Å². The molecule has 2 aromatic carbocycles. The van der Waals surface area contributed by atoms with Gasteiger partial charge in [0.25, 0.3) is 0 Å². The Morgan fingerprint density at radius 3 is 2.14 bits per heavy atom. The van der Waals surface area contributed by atoms with E-state index < -0.39 is 6.04 Å². The Morgan fingerprint density at radius 1 is 1.06 bits per heavy atom. The fraction of sp³-hybridized carbons (Fsp3) is 0.464. The summed E-state index contributed by atoms with van der Waals surface area (Å²) in [6, 6.07) is 18.5. The van der Waals surface area contributed by atoms with Gasteiger partial charge in [0, 0.05) is 38.6 Å². The molecule has 0 aromatic heterocycles. The van der Waals surface area contributed by atoms with Gasteiger partial charge in [0.2, 0.25) is 18.2 Å². The van der Waals surface area contributed by atoms with Crippen molar-refractivity contribution in [1.29, 1.82) is 0 Å². The summed E-state index contributed by atoms with van der Waals surface area (Å²) < 4.78 is 0. The topological polar surface area (TPSA) is 99.0 Å². The number of nitrogens with two attached hydrogens (primary N) is 1. The van der Waals surface area contributed by atoms with Crippen molar-refractivity contribution >= 4 is 18.2 Å². The van der Waals surface area contributed by atoms with Gasteiger partial charge >= 0.3 is 0 Å². The lowest BCUT2D eigenvalue weighted by atomic mass is 9.98. The highest BCUT2D eigenvalue weighted by molar-refractivity contribution is 5.84. The van der Waals surface area contributed by atoms with Gasteiger partial charge in [-0.2, -0.15) is 0 Å². The molecule has 3 rings (SSSR count). The molecule has 3 amide bonds. The SMILES string of the molecule is CC(C)CC(=O)N(CCN1CCC(C(=O)NC(c2ccccc2)c2ccccc2)N1C=O)CC(C)N. The van der Waals surface area contributed by atoms with Gasteiger partial charge in [-0.05, 0) is 30.4 Å². The van der Waals surface area contributed by atoms with E-state index in [4.69, 9.17) is 5.73 Å². The van der Waals surface area contributed by atoms with Gasteiger partial charge in [-0.3, -0.25) is 19.4 Å². The van der Waals surface area contributed by atoms with Crippen LogP contribution in [0.5, 0.6) is 0 Å². The highest BCUT2D eigenvalue weighted by atomic mass is 16.2. The molecule has 1 heterocycles. The van der Waals surface area contributed by atoms with Crippen molar-refractivity contribution in [2.75, 3.05) is 26.2 Å². The minimum atomic E-state index is -0.606. The number of hydrogen-bond acceptors (Lipinski definition) is 5. The third kappa shape index (κ3) is 7.38. The normalized spacial score (nSPS) is 16.8. The molecule has 2 atom stereocenters. The van der Waals surface area contributed by atoms with Crippen LogP contribution in [0.1, 0.15) is 50.8 Å². The Labute approximate surface area is 214 Å². The summed E-state index contributed by atoms with van der Waals surface area (Å²) in [4.78, 5) is 40.0. The van der Waals surface area contributed by atoms with Crippen molar-refractivity contribution in [2.24, 2.45) is 11.7 Å². The number of hydrogen-bond donors (Lipinski definition) is 2. The summed E-state index contributed by atoms with van der Waals surface area (Å²) in [5.74, 6) is 0.106. The lowest BCUT2D eigenvalue weighted by molar-refractivity contribution is -0.143. The molecule has 1 aliphatic rings. The highest BCUT2D eigenvalue weighted by Crippen LogP contribution is 2.24. The Bertz CT molecular complexity index is 944. The zero-order valence-electron chi connectivity index (χ0n) is 21.5. The predicted molar refractivity (Wildman–Crippen MR) is 140 cm³/mol. The van der Waals surface area contributed by atoms with Crippen LogP contribution in [0, 0.1) is 5.92 Å². The van der Waals surface area contributed by atoms with Gasteiger partial charge < -0.3 is 16.0 Å². The van der Waals surface area contributed by atoms with Gasteiger partial charge in [-0.15, -0.1) is 0 Å². The van der Waals surface area contributed by atoms with Crippen LogP contribution in [0.25, 0.3) is 0 Å². The molecule has 2 aromatic rings. The predicted octanol–water partition coefficient (Wildman–Crippen LogP) is 2.56. The van der Waals surface area contributed by atoms with Crippen molar-refractivity contribution in [3.63, 3.8) is 0 Å². The van der Waals surface area contributed by atoms with E-state index in [9.17, 15) is 14.4 Å². The number of rotatable bonds is 12. The largest absolute Gasteiger partial charge is 0.343 e. The Balaban J connectivity index is 1.68. The zero-order chi connectivity index (χ0) is 26.1. The average Bonchev–Trinajstić information content (AvgIpc) is 3.28. The maximum absolute atomic E-state index is 13.4. The summed E-state index contributed by atoms with van der Waals surface area (Å²) in [5.41, 5.74) is 7.92. The van der Waals surface area contributed by atoms with E-state index in [0.29, 0.717) is 45.4 Å². The number of amides is 3. The van der Waals surface area contributed by atoms with Crippen LogP contribution < -0.4 is 11.1 Å². The molecule has 0 aliphatic carbocycles. The molecule has 1 aliphatic heterocycles. The first-order valence-corrected chi connectivity index (χ1v) is 12.7. The molecule has 1 saturated heterocycles. The van der Waals surface area contributed by atoms with E-state index in [1.54, 1.807) is 4.90 Å². The standard InChI is InChI=1S/C28H39N5O3/c1-21(2)18-26(35)31(19-22(3)29)16-17-32-15-14-25(33(32)20-34)28(36)30-27(23-10-6-4-7-11-23)24-12-8-5-9-13-24/h4-13,20-22,25,27H,14-19,29H2,1-3H3,(H,30,36). The lowest BCUT2D eigenvalue weighted by Gasteiger charge is -2.32. The van der Waals surface area contributed by atoms with E-state index in [1.807, 2.05) is 86.4 Å². The summed E-state index contributed by atoms with van der Waals surface area (Å²) in [6.45, 7) is 7.82. The Kier molecular flexibility index (Phi) is 10.0. The van der Waals surface area contributed by atoms with Crippen LogP contribution in [-0.2, 0) is 14.4 Å². The van der Waals surface area contributed by atoms with Gasteiger partial charge in [0.15, 0.2) is 0 Å². The third-order valence-corrected chi connectivity index (χ3v) is 6.34. The van der Waals surface area contributed by atoms with Crippen LogP contribution >= 0.6 is 0 Å². The van der Waals surface area contributed by atoms with Crippen molar-refractivity contribution in [3.05, 3.63) is 71.8 Å². The number of hydrazine groups is 1. The molecule has 1 fully saturated rings. The number of nitrogens with zero attached hydrogens (tertiary/aromatic N) is 3. The number of benzene rings is 2. The first-order chi connectivity index (χ1) is 17.3. The summed E-state index contributed by atoms with van der Waals surface area (Å²) in [7, 11) is 0. The summed E-state index contributed by atoms with van der Waals surface area (Å²) in [5, 5.41) is 6.49. The first kappa shape index (κ1) is 27.4. The molecule has 194 valence electrons. The monoisotopic (exact) mass is 493 g/mol. The van der Waals surface area contributed by atoms with Crippen molar-refractivity contribution in [2.45, 2.75) is 51.7 Å². The van der Waals surface area contributed by atoms with Crippen LogP contribution in [0.4, 0.5) is 0 Å². The van der Waals surface area contributed by atoms with E-state index in [2.05, 4.69) is 5.32 Å². The Hall–Kier alpha value is -3.23. The van der Waals surface area contributed by atoms with Crippen molar-refractivity contribution < 1.29 is 14.4 Å². The first-order valence-electron chi connectivity index (χ1n) is 12.7. The smallest absolute Gasteiger partial charge is 0.245 e. The third-order valence-electron chi connectivity index (χ3n) is 6.34. The molecule has 0 saturated carbocycles. The van der Waals surface area contributed by atoms with E-state index in [1.165, 1.54) is 5.01 Å². The maximum Gasteiger partial charge on any atom is 0.245 e. The second kappa shape index (κ2) is 13.2. The molecule has 0 bridgehead atoms. The van der Waals surface area contributed by atoms with Gasteiger partial charge in [-0.1, -0.05) is 74.5 Å². The van der Waals surface area contributed by atoms with Crippen LogP contribution in [-0.4, -0.2) is 71.4 Å². The van der Waals surface area contributed by atoms with Crippen LogP contribution in [0.3, 0.4) is 0 Å². The summed E-state index contributed by atoms with van der Waals surface area (Å²) >= 11 is 0. The van der Waals surface area contributed by atoms with Gasteiger partial charge in [0.1, 0.15) is 6.04 Å². The quantitative estimate of drug-likeness (QED) is 0.443. The maximum atomic E-state index is 13.4. The number of nitrogens with one attached hydrogen (secondary N) is 1.